The van der Waals surface area contributed by atoms with E-state index in [2.05, 4.69) is 24.3 Å². The zero-order valence-electron chi connectivity index (χ0n) is 19.7. The second-order valence-corrected chi connectivity index (χ2v) is 9.61. The monoisotopic (exact) mass is 453 g/mol. The van der Waals surface area contributed by atoms with Gasteiger partial charge in [-0.1, -0.05) is 54.6 Å². The lowest BCUT2D eigenvalue weighted by Gasteiger charge is -2.56. The van der Waals surface area contributed by atoms with Gasteiger partial charge in [0, 0.05) is 20.1 Å². The summed E-state index contributed by atoms with van der Waals surface area (Å²) in [4.78, 5) is 29.8. The Hall–Kier alpha value is -3.28. The number of nitrogens with zero attached hydrogens (tertiary/aromatic N) is 1. The smallest absolute Gasteiger partial charge is 0.239 e. The third-order valence-electron chi connectivity index (χ3n) is 8.23. The second kappa shape index (κ2) is 7.36. The summed E-state index contributed by atoms with van der Waals surface area (Å²) in [6.07, 6.45) is -0.736. The number of carbonyl (C=O) groups is 2. The molecule has 5 nitrogen and oxygen atoms in total. The van der Waals surface area contributed by atoms with E-state index in [1.807, 2.05) is 56.3 Å². The molecule has 5 heteroatoms. The number of imide groups is 1. The fourth-order valence-corrected chi connectivity index (χ4v) is 6.82. The number of amides is 2. The van der Waals surface area contributed by atoms with Crippen molar-refractivity contribution in [3.63, 3.8) is 0 Å². The maximum absolute atomic E-state index is 14.3. The molecule has 172 valence electrons. The second-order valence-electron chi connectivity index (χ2n) is 9.61. The van der Waals surface area contributed by atoms with Gasteiger partial charge in [-0.3, -0.25) is 9.59 Å². The molecule has 2 amide bonds. The third-order valence-corrected chi connectivity index (χ3v) is 8.23. The highest BCUT2D eigenvalue weighted by molar-refractivity contribution is 6.23. The van der Waals surface area contributed by atoms with Crippen LogP contribution in [-0.4, -0.2) is 32.3 Å². The van der Waals surface area contributed by atoms with Crippen molar-refractivity contribution in [1.82, 2.24) is 0 Å². The molecule has 4 aliphatic rings. The number of hydrogen-bond acceptors (Lipinski definition) is 4. The van der Waals surface area contributed by atoms with Crippen molar-refractivity contribution in [3.05, 3.63) is 100 Å². The van der Waals surface area contributed by atoms with E-state index in [9.17, 15) is 9.59 Å². The topological polar surface area (TPSA) is 55.8 Å². The minimum absolute atomic E-state index is 0.150. The SMILES string of the molecule is COC(OC)C12c3ccccc3C(c3ccccc31)[C@H]1C(=O)N(c3ccc(C)c(C)c3)C(=O)[C@@H]12. The number of anilines is 1. The molecule has 3 aromatic rings. The Labute approximate surface area is 199 Å². The Kier molecular flexibility index (Phi) is 4.60. The predicted molar refractivity (Wildman–Crippen MR) is 129 cm³/mol. The summed E-state index contributed by atoms with van der Waals surface area (Å²) in [6.45, 7) is 4.02. The zero-order chi connectivity index (χ0) is 23.8. The van der Waals surface area contributed by atoms with Gasteiger partial charge in [0.05, 0.1) is 22.9 Å². The molecule has 2 atom stereocenters. The van der Waals surface area contributed by atoms with Gasteiger partial charge in [-0.25, -0.2) is 4.90 Å². The molecular weight excluding hydrogens is 426 g/mol. The fraction of sp³-hybridized carbons (Fsp3) is 0.310. The summed E-state index contributed by atoms with van der Waals surface area (Å²) in [7, 11) is 3.21. The van der Waals surface area contributed by atoms with E-state index in [1.54, 1.807) is 14.2 Å². The molecular formula is C29H27NO4. The van der Waals surface area contributed by atoms with Crippen LogP contribution in [0.3, 0.4) is 0 Å². The number of aryl methyl sites for hydroxylation is 2. The lowest BCUT2D eigenvalue weighted by Crippen LogP contribution is -2.60. The summed E-state index contributed by atoms with van der Waals surface area (Å²) >= 11 is 0. The molecule has 0 unspecified atom stereocenters. The number of rotatable bonds is 4. The van der Waals surface area contributed by atoms with Crippen LogP contribution < -0.4 is 4.90 Å². The molecule has 0 spiro atoms. The molecule has 1 saturated heterocycles. The van der Waals surface area contributed by atoms with Gasteiger partial charge in [0.15, 0.2) is 6.29 Å². The normalized spacial score (nSPS) is 26.6. The first-order valence-corrected chi connectivity index (χ1v) is 11.7. The number of hydrogen-bond donors (Lipinski definition) is 0. The summed E-state index contributed by atoms with van der Waals surface area (Å²) in [5, 5.41) is 0. The summed E-state index contributed by atoms with van der Waals surface area (Å²) in [5.74, 6) is -1.68. The van der Waals surface area contributed by atoms with Crippen LogP contribution in [0.15, 0.2) is 66.7 Å². The average Bonchev–Trinajstić information content (AvgIpc) is 3.13. The lowest BCUT2D eigenvalue weighted by molar-refractivity contribution is -0.168. The summed E-state index contributed by atoms with van der Waals surface area (Å²) in [6, 6.07) is 22.0. The molecule has 1 heterocycles. The molecule has 1 aliphatic heterocycles. The first-order valence-electron chi connectivity index (χ1n) is 11.7. The summed E-state index contributed by atoms with van der Waals surface area (Å²) < 4.78 is 11.9. The Morgan fingerprint density at radius 2 is 1.38 bits per heavy atom. The Bertz CT molecular complexity index is 1290. The number of benzene rings is 3. The van der Waals surface area contributed by atoms with Gasteiger partial charge in [0.1, 0.15) is 0 Å². The van der Waals surface area contributed by atoms with Crippen LogP contribution in [0.25, 0.3) is 0 Å². The molecule has 1 fully saturated rings. The number of ether oxygens (including phenoxy) is 2. The van der Waals surface area contributed by atoms with Crippen LogP contribution in [-0.2, 0) is 24.5 Å². The van der Waals surface area contributed by atoms with E-state index in [-0.39, 0.29) is 17.7 Å². The minimum Gasteiger partial charge on any atom is -0.355 e. The van der Waals surface area contributed by atoms with Crippen molar-refractivity contribution < 1.29 is 19.1 Å². The molecule has 2 bridgehead atoms. The third kappa shape index (κ3) is 2.41. The average molecular weight is 454 g/mol. The molecule has 0 aromatic heterocycles. The van der Waals surface area contributed by atoms with Gasteiger partial charge < -0.3 is 9.47 Å². The highest BCUT2D eigenvalue weighted by Gasteiger charge is 2.71. The first kappa shape index (κ1) is 21.3. The maximum Gasteiger partial charge on any atom is 0.239 e. The van der Waals surface area contributed by atoms with Crippen molar-refractivity contribution in [3.8, 4) is 0 Å². The molecule has 0 saturated carbocycles. The first-order chi connectivity index (χ1) is 16.5. The Morgan fingerprint density at radius 3 is 1.94 bits per heavy atom. The van der Waals surface area contributed by atoms with E-state index in [0.717, 1.165) is 33.4 Å². The van der Waals surface area contributed by atoms with Crippen LogP contribution in [0.2, 0.25) is 0 Å². The molecule has 3 aliphatic carbocycles. The van der Waals surface area contributed by atoms with Gasteiger partial charge in [-0.2, -0.15) is 0 Å². The molecule has 3 aromatic carbocycles. The highest BCUT2D eigenvalue weighted by Crippen LogP contribution is 2.65. The standard InChI is InChI=1S/C29H27NO4/c1-16-13-14-18(15-17(16)2)30-26(31)24-23-19-9-5-7-11-21(19)29(25(24)27(30)32,28(33-3)34-4)22-12-8-6-10-20(22)23/h5-15,23-25,28H,1-4H3/t23?,24-,25-,29?/m1/s1. The highest BCUT2D eigenvalue weighted by atomic mass is 16.7. The quantitative estimate of drug-likeness (QED) is 0.432. The van der Waals surface area contributed by atoms with Crippen LogP contribution in [0.1, 0.15) is 39.3 Å². The minimum atomic E-state index is -0.933. The molecule has 7 rings (SSSR count). The van der Waals surface area contributed by atoms with E-state index in [1.165, 1.54) is 4.90 Å². The number of methoxy groups -OCH3 is 2. The van der Waals surface area contributed by atoms with Crippen LogP contribution in [0, 0.1) is 25.7 Å². The predicted octanol–water partition coefficient (Wildman–Crippen LogP) is 4.47. The van der Waals surface area contributed by atoms with Crippen LogP contribution >= 0.6 is 0 Å². The van der Waals surface area contributed by atoms with Gasteiger partial charge in [-0.15, -0.1) is 0 Å². The van der Waals surface area contributed by atoms with Crippen molar-refractivity contribution in [2.24, 2.45) is 11.8 Å². The van der Waals surface area contributed by atoms with Crippen molar-refractivity contribution in [2.75, 3.05) is 19.1 Å². The van der Waals surface area contributed by atoms with Gasteiger partial charge in [0.25, 0.3) is 0 Å². The van der Waals surface area contributed by atoms with Gasteiger partial charge in [-0.05, 0) is 59.4 Å². The largest absolute Gasteiger partial charge is 0.355 e. The summed E-state index contributed by atoms with van der Waals surface area (Å²) in [5.41, 5.74) is 6.03. The molecule has 0 N–H and O–H groups in total. The van der Waals surface area contributed by atoms with Gasteiger partial charge in [0.2, 0.25) is 11.8 Å². The molecule has 0 radical (unpaired) electrons. The van der Waals surface area contributed by atoms with Crippen molar-refractivity contribution in [2.45, 2.75) is 31.5 Å². The van der Waals surface area contributed by atoms with Crippen LogP contribution in [0.4, 0.5) is 5.69 Å². The lowest BCUT2D eigenvalue weighted by atomic mass is 9.47. The zero-order valence-corrected chi connectivity index (χ0v) is 19.7. The maximum atomic E-state index is 14.3. The van der Waals surface area contributed by atoms with E-state index < -0.39 is 23.5 Å². The van der Waals surface area contributed by atoms with Crippen LogP contribution in [0.5, 0.6) is 0 Å². The van der Waals surface area contributed by atoms with E-state index in [0.29, 0.717) is 5.69 Å². The Morgan fingerprint density at radius 1 is 0.794 bits per heavy atom. The van der Waals surface area contributed by atoms with Crippen molar-refractivity contribution in [1.29, 1.82) is 0 Å². The van der Waals surface area contributed by atoms with Gasteiger partial charge >= 0.3 is 0 Å². The van der Waals surface area contributed by atoms with E-state index >= 15 is 0 Å². The van der Waals surface area contributed by atoms with Crippen molar-refractivity contribution >= 4 is 17.5 Å². The number of carbonyl (C=O) groups excluding carboxylic acids is 2. The van der Waals surface area contributed by atoms with E-state index in [4.69, 9.17) is 9.47 Å². The fourth-order valence-electron chi connectivity index (χ4n) is 6.82. The Balaban J connectivity index is 1.66. The molecule has 34 heavy (non-hydrogen) atoms.